The van der Waals surface area contributed by atoms with E-state index in [0.29, 0.717) is 12.1 Å². The van der Waals surface area contributed by atoms with Crippen LogP contribution in [0.15, 0.2) is 30.5 Å². The van der Waals surface area contributed by atoms with Gasteiger partial charge in [0.25, 0.3) is 0 Å². The lowest BCUT2D eigenvalue weighted by atomic mass is 9.91. The summed E-state index contributed by atoms with van der Waals surface area (Å²) in [6.45, 7) is 4.20. The van der Waals surface area contributed by atoms with E-state index in [1.165, 1.54) is 4.88 Å². The molecule has 136 valence electrons. The molecule has 4 nitrogen and oxygen atoms in total. The number of pyridine rings is 1. The lowest BCUT2D eigenvalue weighted by molar-refractivity contribution is 0.429. The number of anilines is 2. The number of thiazole rings is 1. The van der Waals surface area contributed by atoms with Gasteiger partial charge in [0.1, 0.15) is 0 Å². The molecule has 0 atom stereocenters. The second kappa shape index (κ2) is 7.41. The third kappa shape index (κ3) is 3.79. The van der Waals surface area contributed by atoms with Gasteiger partial charge in [0.05, 0.1) is 11.2 Å². The number of fused-ring (bicyclic) bond motifs is 1. The average molecular weight is 387 g/mol. The average Bonchev–Trinajstić information content (AvgIpc) is 2.94. The second-order valence-corrected chi connectivity index (χ2v) is 8.66. The van der Waals surface area contributed by atoms with Crippen LogP contribution in [0.1, 0.15) is 36.3 Å². The Morgan fingerprint density at radius 2 is 1.77 bits per heavy atom. The zero-order valence-electron chi connectivity index (χ0n) is 15.1. The Morgan fingerprint density at radius 3 is 2.46 bits per heavy atom. The van der Waals surface area contributed by atoms with Crippen LogP contribution in [0.25, 0.3) is 10.9 Å². The zero-order valence-corrected chi connectivity index (χ0v) is 16.6. The molecule has 0 saturated heterocycles. The molecule has 0 aliphatic heterocycles. The van der Waals surface area contributed by atoms with Gasteiger partial charge in [-0.3, -0.25) is 4.98 Å². The number of halogens is 1. The van der Waals surface area contributed by atoms with Crippen LogP contribution >= 0.6 is 22.9 Å². The molecule has 1 aliphatic rings. The fourth-order valence-electron chi connectivity index (χ4n) is 3.56. The van der Waals surface area contributed by atoms with Crippen molar-refractivity contribution in [3.05, 3.63) is 46.1 Å². The zero-order chi connectivity index (χ0) is 18.1. The van der Waals surface area contributed by atoms with Crippen molar-refractivity contribution in [1.82, 2.24) is 9.97 Å². The van der Waals surface area contributed by atoms with Gasteiger partial charge < -0.3 is 10.6 Å². The van der Waals surface area contributed by atoms with E-state index in [4.69, 9.17) is 11.6 Å². The highest BCUT2D eigenvalue weighted by Crippen LogP contribution is 2.30. The standard InChI is InChI=1S/C20H23ClN4S/c1-12-13(2)26-20(23-12)25-16-6-4-15(5-7-16)24-18-9-10-22-19-11-14(21)3-8-17(18)19/h3,8-11,15-16H,4-7H2,1-2H3,(H,22,24)(H,23,25). The first-order valence-electron chi connectivity index (χ1n) is 9.10. The molecule has 2 heterocycles. The van der Waals surface area contributed by atoms with Gasteiger partial charge in [-0.2, -0.15) is 0 Å². The lowest BCUT2D eigenvalue weighted by Gasteiger charge is -2.30. The van der Waals surface area contributed by atoms with Crippen LogP contribution < -0.4 is 10.6 Å². The van der Waals surface area contributed by atoms with Gasteiger partial charge in [0.15, 0.2) is 5.13 Å². The van der Waals surface area contributed by atoms with Crippen molar-refractivity contribution in [3.8, 4) is 0 Å². The van der Waals surface area contributed by atoms with Gasteiger partial charge in [0, 0.05) is 39.3 Å². The fourth-order valence-corrected chi connectivity index (χ4v) is 4.62. The van der Waals surface area contributed by atoms with Crippen LogP contribution in [-0.2, 0) is 0 Å². The molecule has 1 aromatic carbocycles. The molecule has 2 aromatic heterocycles. The summed E-state index contributed by atoms with van der Waals surface area (Å²) in [6, 6.07) is 8.96. The topological polar surface area (TPSA) is 49.8 Å². The summed E-state index contributed by atoms with van der Waals surface area (Å²) in [7, 11) is 0. The third-order valence-corrected chi connectivity index (χ3v) is 6.39. The minimum atomic E-state index is 0.495. The minimum absolute atomic E-state index is 0.495. The van der Waals surface area contributed by atoms with Crippen molar-refractivity contribution in [2.45, 2.75) is 51.6 Å². The highest BCUT2D eigenvalue weighted by molar-refractivity contribution is 7.15. The van der Waals surface area contributed by atoms with E-state index in [1.54, 1.807) is 11.3 Å². The SMILES string of the molecule is Cc1nc(NC2CCC(Nc3ccnc4cc(Cl)ccc34)CC2)sc1C. The quantitative estimate of drug-likeness (QED) is 0.595. The van der Waals surface area contributed by atoms with Crippen molar-refractivity contribution >= 4 is 44.7 Å². The molecular weight excluding hydrogens is 364 g/mol. The Morgan fingerprint density at radius 1 is 1.04 bits per heavy atom. The molecule has 3 aromatic rings. The minimum Gasteiger partial charge on any atom is -0.382 e. The van der Waals surface area contributed by atoms with E-state index in [9.17, 15) is 0 Å². The van der Waals surface area contributed by atoms with Crippen LogP contribution in [0.2, 0.25) is 5.02 Å². The molecule has 0 radical (unpaired) electrons. The predicted octanol–water partition coefficient (Wildman–Crippen LogP) is 5.80. The van der Waals surface area contributed by atoms with E-state index >= 15 is 0 Å². The molecule has 26 heavy (non-hydrogen) atoms. The van der Waals surface area contributed by atoms with Crippen LogP contribution in [0.5, 0.6) is 0 Å². The number of nitrogens with one attached hydrogen (secondary N) is 2. The molecule has 1 fully saturated rings. The molecule has 0 amide bonds. The van der Waals surface area contributed by atoms with Gasteiger partial charge in [-0.15, -0.1) is 11.3 Å². The Balaban J connectivity index is 1.38. The number of aromatic nitrogens is 2. The number of hydrogen-bond acceptors (Lipinski definition) is 5. The fraction of sp³-hybridized carbons (Fsp3) is 0.400. The Labute approximate surface area is 163 Å². The van der Waals surface area contributed by atoms with Crippen LogP contribution in [-0.4, -0.2) is 22.1 Å². The molecule has 1 aliphatic carbocycles. The number of benzene rings is 1. The van der Waals surface area contributed by atoms with Gasteiger partial charge in [0.2, 0.25) is 0 Å². The van der Waals surface area contributed by atoms with Gasteiger partial charge in [-0.05, 0) is 63.8 Å². The van der Waals surface area contributed by atoms with Crippen molar-refractivity contribution in [3.63, 3.8) is 0 Å². The molecule has 4 rings (SSSR count). The number of hydrogen-bond donors (Lipinski definition) is 2. The second-order valence-electron chi connectivity index (χ2n) is 7.02. The molecular formula is C20H23ClN4S. The summed E-state index contributed by atoms with van der Waals surface area (Å²) in [5.41, 5.74) is 3.22. The van der Waals surface area contributed by atoms with Crippen LogP contribution in [0.3, 0.4) is 0 Å². The first-order chi connectivity index (χ1) is 12.6. The van der Waals surface area contributed by atoms with Crippen molar-refractivity contribution in [2.24, 2.45) is 0 Å². The smallest absolute Gasteiger partial charge is 0.183 e. The van der Waals surface area contributed by atoms with Crippen molar-refractivity contribution < 1.29 is 0 Å². The summed E-state index contributed by atoms with van der Waals surface area (Å²) < 4.78 is 0. The van der Waals surface area contributed by atoms with E-state index < -0.39 is 0 Å². The largest absolute Gasteiger partial charge is 0.382 e. The summed E-state index contributed by atoms with van der Waals surface area (Å²) in [4.78, 5) is 10.3. The molecule has 0 bridgehead atoms. The molecule has 1 saturated carbocycles. The number of nitrogens with zero attached hydrogens (tertiary/aromatic N) is 2. The van der Waals surface area contributed by atoms with E-state index in [-0.39, 0.29) is 0 Å². The maximum atomic E-state index is 6.09. The maximum absolute atomic E-state index is 6.09. The number of aryl methyl sites for hydroxylation is 2. The molecule has 2 N–H and O–H groups in total. The Kier molecular flexibility index (Phi) is 5.00. The van der Waals surface area contributed by atoms with Gasteiger partial charge in [-0.25, -0.2) is 4.98 Å². The van der Waals surface area contributed by atoms with E-state index in [2.05, 4.69) is 40.5 Å². The normalized spacial score (nSPS) is 20.3. The van der Waals surface area contributed by atoms with Gasteiger partial charge >= 0.3 is 0 Å². The lowest BCUT2D eigenvalue weighted by Crippen LogP contribution is -2.32. The summed E-state index contributed by atoms with van der Waals surface area (Å²) in [5.74, 6) is 0. The monoisotopic (exact) mass is 386 g/mol. The molecule has 0 spiro atoms. The van der Waals surface area contributed by atoms with E-state index in [1.807, 2.05) is 24.4 Å². The first-order valence-corrected chi connectivity index (χ1v) is 10.3. The summed E-state index contributed by atoms with van der Waals surface area (Å²) in [5, 5.41) is 10.3. The maximum Gasteiger partial charge on any atom is 0.183 e. The van der Waals surface area contributed by atoms with Crippen molar-refractivity contribution in [1.29, 1.82) is 0 Å². The predicted molar refractivity (Wildman–Crippen MR) is 112 cm³/mol. The number of rotatable bonds is 4. The van der Waals surface area contributed by atoms with Crippen LogP contribution in [0.4, 0.5) is 10.8 Å². The van der Waals surface area contributed by atoms with E-state index in [0.717, 1.165) is 58.1 Å². The first kappa shape index (κ1) is 17.6. The van der Waals surface area contributed by atoms with Crippen molar-refractivity contribution in [2.75, 3.05) is 10.6 Å². The Hall–Kier alpha value is -1.85. The summed E-state index contributed by atoms with van der Waals surface area (Å²) >= 11 is 7.84. The Bertz CT molecular complexity index is 896. The van der Waals surface area contributed by atoms with Crippen LogP contribution in [0, 0.1) is 13.8 Å². The molecule has 6 heteroatoms. The third-order valence-electron chi connectivity index (χ3n) is 5.15. The summed E-state index contributed by atoms with van der Waals surface area (Å²) in [6.07, 6.45) is 6.46. The molecule has 0 unspecified atom stereocenters. The van der Waals surface area contributed by atoms with Gasteiger partial charge in [-0.1, -0.05) is 11.6 Å². The highest BCUT2D eigenvalue weighted by Gasteiger charge is 2.22. The highest BCUT2D eigenvalue weighted by atomic mass is 35.5.